The van der Waals surface area contributed by atoms with Crippen LogP contribution in [0.25, 0.3) is 6.08 Å². The van der Waals surface area contributed by atoms with Crippen molar-refractivity contribution in [1.82, 2.24) is 4.90 Å². The van der Waals surface area contributed by atoms with Gasteiger partial charge >= 0.3 is 0 Å². The van der Waals surface area contributed by atoms with Crippen molar-refractivity contribution < 1.29 is 22.7 Å². The van der Waals surface area contributed by atoms with Gasteiger partial charge in [0.1, 0.15) is 30.5 Å². The largest absolute Gasteiger partial charge is 0.490 e. The predicted molar refractivity (Wildman–Crippen MR) is 133 cm³/mol. The van der Waals surface area contributed by atoms with Crippen molar-refractivity contribution in [3.8, 4) is 11.5 Å². The maximum absolute atomic E-state index is 12.5. The number of para-hydroxylation sites is 1. The smallest absolute Gasteiger partial charge is 0.283 e. The first-order valence-corrected chi connectivity index (χ1v) is 12.9. The fraction of sp³-hybridized carbons (Fsp3) is 0.182. The molecule has 1 N–H and O–H groups in total. The van der Waals surface area contributed by atoms with Crippen molar-refractivity contribution in [2.75, 3.05) is 19.0 Å². The lowest BCUT2D eigenvalue weighted by atomic mass is 10.1. The Morgan fingerprint density at radius 1 is 1.12 bits per heavy atom. The van der Waals surface area contributed by atoms with Gasteiger partial charge in [0, 0.05) is 0 Å². The molecule has 12 heteroatoms. The minimum absolute atomic E-state index is 0.0351. The van der Waals surface area contributed by atoms with Gasteiger partial charge in [0.05, 0.1) is 28.3 Å². The second kappa shape index (κ2) is 10.00. The van der Waals surface area contributed by atoms with Crippen LogP contribution in [0.2, 0.25) is 5.02 Å². The van der Waals surface area contributed by atoms with Gasteiger partial charge in [0.25, 0.3) is 5.91 Å². The SMILES string of the molecule is CCS(=O)(=O)C1=NSC2=NC(=O)/C(=C\c3ccc(OCCOc4ccccc4Cl)cc3)C(=N)N21. The van der Waals surface area contributed by atoms with Crippen molar-refractivity contribution in [2.45, 2.75) is 6.92 Å². The molecule has 2 aliphatic rings. The van der Waals surface area contributed by atoms with Gasteiger partial charge in [0.15, 0.2) is 0 Å². The number of sulfone groups is 1. The Morgan fingerprint density at radius 2 is 1.82 bits per heavy atom. The molecule has 0 atom stereocenters. The van der Waals surface area contributed by atoms with Crippen LogP contribution in [-0.4, -0.2) is 54.4 Å². The Kier molecular flexibility index (Phi) is 7.05. The van der Waals surface area contributed by atoms with Gasteiger partial charge in [-0.05, 0) is 35.9 Å². The standard InChI is InChI=1S/C22H19ClN4O5S2/c1-2-34(29,30)22-26-33-21-25-20(28)16(19(24)27(21)22)13-14-7-9-15(10-8-14)31-11-12-32-18-6-4-3-5-17(18)23/h3-10,13,24H,2,11-12H2,1H3/b16-13-,24-19?. The number of carbonyl (C=O) groups is 1. The molecule has 2 aliphatic heterocycles. The normalized spacial score (nSPS) is 16.9. The summed E-state index contributed by atoms with van der Waals surface area (Å²) in [4.78, 5) is 17.5. The highest BCUT2D eigenvalue weighted by Crippen LogP contribution is 2.30. The van der Waals surface area contributed by atoms with Gasteiger partial charge < -0.3 is 9.47 Å². The van der Waals surface area contributed by atoms with Crippen LogP contribution in [0.4, 0.5) is 0 Å². The molecule has 0 radical (unpaired) electrons. The molecule has 0 fully saturated rings. The molecule has 0 spiro atoms. The number of amidine groups is 3. The van der Waals surface area contributed by atoms with E-state index in [1.807, 2.05) is 12.1 Å². The Balaban J connectivity index is 1.42. The molecule has 1 amide bonds. The number of hydrogen-bond donors (Lipinski definition) is 1. The number of nitrogens with zero attached hydrogens (tertiary/aromatic N) is 3. The highest BCUT2D eigenvalue weighted by Gasteiger charge is 2.42. The van der Waals surface area contributed by atoms with Gasteiger partial charge in [-0.2, -0.15) is 9.39 Å². The Morgan fingerprint density at radius 3 is 2.53 bits per heavy atom. The molecule has 0 saturated carbocycles. The fourth-order valence-corrected chi connectivity index (χ4v) is 5.18. The van der Waals surface area contributed by atoms with E-state index < -0.39 is 15.7 Å². The zero-order valence-corrected chi connectivity index (χ0v) is 20.3. The molecule has 2 aromatic carbocycles. The predicted octanol–water partition coefficient (Wildman–Crippen LogP) is 3.81. The van der Waals surface area contributed by atoms with Crippen LogP contribution >= 0.6 is 23.5 Å². The molecule has 2 heterocycles. The van der Waals surface area contributed by atoms with E-state index >= 15 is 0 Å². The van der Waals surface area contributed by atoms with E-state index in [4.69, 9.17) is 26.5 Å². The minimum atomic E-state index is -3.69. The Bertz CT molecular complexity index is 1340. The van der Waals surface area contributed by atoms with Crippen LogP contribution in [0.5, 0.6) is 11.5 Å². The molecule has 34 heavy (non-hydrogen) atoms. The zero-order chi connectivity index (χ0) is 24.3. The first-order valence-electron chi connectivity index (χ1n) is 10.1. The van der Waals surface area contributed by atoms with Crippen LogP contribution < -0.4 is 9.47 Å². The van der Waals surface area contributed by atoms with Crippen LogP contribution in [0.3, 0.4) is 0 Å². The van der Waals surface area contributed by atoms with Gasteiger partial charge in [-0.3, -0.25) is 10.2 Å². The summed E-state index contributed by atoms with van der Waals surface area (Å²) >= 11 is 6.81. The van der Waals surface area contributed by atoms with E-state index in [0.29, 0.717) is 35.3 Å². The van der Waals surface area contributed by atoms with E-state index in [2.05, 4.69) is 9.39 Å². The van der Waals surface area contributed by atoms with E-state index in [1.54, 1.807) is 36.4 Å². The summed E-state index contributed by atoms with van der Waals surface area (Å²) in [6.45, 7) is 2.09. The second-order valence-electron chi connectivity index (χ2n) is 7.01. The number of ether oxygens (including phenoxy) is 2. The molecule has 9 nitrogen and oxygen atoms in total. The molecule has 0 aromatic heterocycles. The van der Waals surface area contributed by atoms with Crippen LogP contribution in [0.15, 0.2) is 63.5 Å². The molecule has 176 valence electrons. The third-order valence-electron chi connectivity index (χ3n) is 4.79. The van der Waals surface area contributed by atoms with Gasteiger partial charge in [-0.25, -0.2) is 13.3 Å². The Labute approximate surface area is 205 Å². The summed E-state index contributed by atoms with van der Waals surface area (Å²) in [5, 5.41) is 8.72. The summed E-state index contributed by atoms with van der Waals surface area (Å²) in [6, 6.07) is 14.0. The van der Waals surface area contributed by atoms with E-state index in [1.165, 1.54) is 13.0 Å². The number of halogens is 1. The average Bonchev–Trinajstić information content (AvgIpc) is 3.26. The maximum Gasteiger partial charge on any atom is 0.283 e. The number of aliphatic imine (C=N–C) groups is 1. The number of carbonyl (C=O) groups excluding carboxylic acids is 1. The summed E-state index contributed by atoms with van der Waals surface area (Å²) in [6.07, 6.45) is 1.48. The first kappa shape index (κ1) is 24.0. The van der Waals surface area contributed by atoms with Crippen LogP contribution in [0, 0.1) is 5.41 Å². The maximum atomic E-state index is 12.5. The quantitative estimate of drug-likeness (QED) is 0.336. The molecular weight excluding hydrogens is 500 g/mol. The number of hydrogen-bond acceptors (Lipinski definition) is 8. The van der Waals surface area contributed by atoms with Crippen LogP contribution in [-0.2, 0) is 14.6 Å². The third-order valence-corrected chi connectivity index (χ3v) is 7.51. The minimum Gasteiger partial charge on any atom is -0.490 e. The second-order valence-corrected chi connectivity index (χ2v) is 10.3. The van der Waals surface area contributed by atoms with Crippen molar-refractivity contribution in [3.05, 3.63) is 64.7 Å². The van der Waals surface area contributed by atoms with E-state index in [0.717, 1.165) is 16.8 Å². The highest BCUT2D eigenvalue weighted by molar-refractivity contribution is 8.16. The van der Waals surface area contributed by atoms with Gasteiger partial charge in [-0.1, -0.05) is 42.8 Å². The van der Waals surface area contributed by atoms with Gasteiger partial charge in [-0.15, -0.1) is 0 Å². The monoisotopic (exact) mass is 518 g/mol. The molecule has 0 saturated heterocycles. The molecule has 4 rings (SSSR count). The number of amides is 1. The zero-order valence-electron chi connectivity index (χ0n) is 17.9. The lowest BCUT2D eigenvalue weighted by Crippen LogP contribution is -2.45. The number of fused-ring (bicyclic) bond motifs is 1. The van der Waals surface area contributed by atoms with E-state index in [-0.39, 0.29) is 27.5 Å². The van der Waals surface area contributed by atoms with Crippen LogP contribution in [0.1, 0.15) is 12.5 Å². The number of nitrogens with one attached hydrogen (secondary N) is 1. The lowest BCUT2D eigenvalue weighted by molar-refractivity contribution is -0.114. The van der Waals surface area contributed by atoms with Crippen molar-refractivity contribution in [1.29, 1.82) is 5.41 Å². The number of rotatable bonds is 7. The molecular formula is C22H19ClN4O5S2. The van der Waals surface area contributed by atoms with Crippen molar-refractivity contribution >= 4 is 61.5 Å². The summed E-state index contributed by atoms with van der Waals surface area (Å²) in [5.41, 5.74) is 0.585. The highest BCUT2D eigenvalue weighted by atomic mass is 35.5. The summed E-state index contributed by atoms with van der Waals surface area (Å²) in [7, 11) is -3.69. The first-order chi connectivity index (χ1) is 16.3. The lowest BCUT2D eigenvalue weighted by Gasteiger charge is -2.24. The van der Waals surface area contributed by atoms with E-state index in [9.17, 15) is 13.2 Å². The average molecular weight is 519 g/mol. The molecule has 2 aromatic rings. The molecule has 0 aliphatic carbocycles. The molecule has 0 bridgehead atoms. The summed E-state index contributed by atoms with van der Waals surface area (Å²) < 4.78 is 39.8. The topological polar surface area (TPSA) is 121 Å². The van der Waals surface area contributed by atoms with Crippen molar-refractivity contribution in [3.63, 3.8) is 0 Å². The fourth-order valence-electron chi connectivity index (χ4n) is 3.03. The number of benzene rings is 2. The van der Waals surface area contributed by atoms with Gasteiger partial charge in [0.2, 0.25) is 20.2 Å². The van der Waals surface area contributed by atoms with Crippen molar-refractivity contribution in [2.24, 2.45) is 9.39 Å². The Hall–Kier alpha value is -3.15. The summed E-state index contributed by atoms with van der Waals surface area (Å²) in [5.74, 6) is 0.0755. The third kappa shape index (κ3) is 5.01. The molecule has 0 unspecified atom stereocenters.